The molecule has 3 rings (SSSR count). The number of amides is 3. The molecule has 25 heavy (non-hydrogen) atoms. The number of benzene rings is 1. The van der Waals surface area contributed by atoms with Gasteiger partial charge < -0.3 is 20.3 Å². The molecule has 1 aromatic rings. The Balaban J connectivity index is 1.65. The minimum Gasteiger partial charge on any atom is -0.376 e. The largest absolute Gasteiger partial charge is 0.376 e. The standard InChI is InChI=1S/C19H27N3O3/c1-13(2)18(23)22-9-3-5-14-7-8-15(11-17(14)22)21-19(24)20-12-16-6-4-10-25-16/h7-8,11,13,16H,3-6,9-10,12H2,1-2H3,(H2,20,21,24). The molecule has 136 valence electrons. The van der Waals surface area contributed by atoms with Crippen molar-refractivity contribution in [3.8, 4) is 0 Å². The summed E-state index contributed by atoms with van der Waals surface area (Å²) in [5.41, 5.74) is 2.78. The quantitative estimate of drug-likeness (QED) is 0.881. The third-order valence-electron chi connectivity index (χ3n) is 4.74. The molecule has 0 aromatic heterocycles. The van der Waals surface area contributed by atoms with Gasteiger partial charge in [-0.2, -0.15) is 0 Å². The number of nitrogens with zero attached hydrogens (tertiary/aromatic N) is 1. The summed E-state index contributed by atoms with van der Waals surface area (Å²) in [6, 6.07) is 5.56. The van der Waals surface area contributed by atoms with E-state index in [0.717, 1.165) is 50.1 Å². The lowest BCUT2D eigenvalue weighted by Crippen LogP contribution is -2.38. The van der Waals surface area contributed by atoms with Crippen molar-refractivity contribution in [1.29, 1.82) is 0 Å². The predicted molar refractivity (Wildman–Crippen MR) is 97.9 cm³/mol. The molecule has 2 aliphatic rings. The van der Waals surface area contributed by atoms with E-state index in [1.165, 1.54) is 0 Å². The Morgan fingerprint density at radius 1 is 1.32 bits per heavy atom. The molecule has 2 aliphatic heterocycles. The maximum Gasteiger partial charge on any atom is 0.319 e. The Bertz CT molecular complexity index is 639. The molecular weight excluding hydrogens is 318 g/mol. The SMILES string of the molecule is CC(C)C(=O)N1CCCc2ccc(NC(=O)NCC3CCCO3)cc21. The normalized spacial score (nSPS) is 19.6. The summed E-state index contributed by atoms with van der Waals surface area (Å²) in [6.45, 7) is 5.86. The number of hydrogen-bond donors (Lipinski definition) is 2. The van der Waals surface area contributed by atoms with Crippen molar-refractivity contribution in [2.45, 2.75) is 45.6 Å². The van der Waals surface area contributed by atoms with Crippen LogP contribution in [0, 0.1) is 5.92 Å². The van der Waals surface area contributed by atoms with E-state index in [1.807, 2.05) is 36.9 Å². The highest BCUT2D eigenvalue weighted by Crippen LogP contribution is 2.31. The highest BCUT2D eigenvalue weighted by atomic mass is 16.5. The van der Waals surface area contributed by atoms with Crippen LogP contribution >= 0.6 is 0 Å². The zero-order valence-electron chi connectivity index (χ0n) is 15.0. The fourth-order valence-electron chi connectivity index (χ4n) is 3.38. The van der Waals surface area contributed by atoms with Gasteiger partial charge in [-0.05, 0) is 43.4 Å². The highest BCUT2D eigenvalue weighted by Gasteiger charge is 2.25. The summed E-state index contributed by atoms with van der Waals surface area (Å²) in [5, 5.41) is 5.71. The van der Waals surface area contributed by atoms with E-state index in [9.17, 15) is 9.59 Å². The van der Waals surface area contributed by atoms with Gasteiger partial charge in [0.05, 0.1) is 6.10 Å². The van der Waals surface area contributed by atoms with E-state index in [1.54, 1.807) is 0 Å². The molecule has 2 N–H and O–H groups in total. The molecule has 1 fully saturated rings. The van der Waals surface area contributed by atoms with E-state index in [4.69, 9.17) is 4.74 Å². The lowest BCUT2D eigenvalue weighted by molar-refractivity contribution is -0.121. The highest BCUT2D eigenvalue weighted by molar-refractivity contribution is 5.97. The van der Waals surface area contributed by atoms with Crippen LogP contribution in [0.5, 0.6) is 0 Å². The number of urea groups is 1. The number of fused-ring (bicyclic) bond motifs is 1. The average Bonchev–Trinajstić information content (AvgIpc) is 3.12. The summed E-state index contributed by atoms with van der Waals surface area (Å²) in [7, 11) is 0. The van der Waals surface area contributed by atoms with Crippen molar-refractivity contribution < 1.29 is 14.3 Å². The Morgan fingerprint density at radius 2 is 2.16 bits per heavy atom. The smallest absolute Gasteiger partial charge is 0.319 e. The van der Waals surface area contributed by atoms with Crippen molar-refractivity contribution >= 4 is 23.3 Å². The summed E-state index contributed by atoms with van der Waals surface area (Å²) in [6.07, 6.45) is 4.10. The minimum absolute atomic E-state index is 0.0442. The first-order chi connectivity index (χ1) is 12.0. The van der Waals surface area contributed by atoms with Gasteiger partial charge >= 0.3 is 6.03 Å². The van der Waals surface area contributed by atoms with Crippen LogP contribution in [0.2, 0.25) is 0 Å². The molecular formula is C19H27N3O3. The molecule has 1 saturated heterocycles. The van der Waals surface area contributed by atoms with Crippen LogP contribution in [-0.4, -0.2) is 37.7 Å². The molecule has 2 heterocycles. The third-order valence-corrected chi connectivity index (χ3v) is 4.74. The topological polar surface area (TPSA) is 70.7 Å². The van der Waals surface area contributed by atoms with Crippen molar-refractivity contribution in [3.63, 3.8) is 0 Å². The fourth-order valence-corrected chi connectivity index (χ4v) is 3.38. The molecule has 1 aromatic carbocycles. The molecule has 0 radical (unpaired) electrons. The van der Waals surface area contributed by atoms with Gasteiger partial charge in [-0.1, -0.05) is 19.9 Å². The summed E-state index contributed by atoms with van der Waals surface area (Å²) < 4.78 is 5.50. The van der Waals surface area contributed by atoms with Gasteiger partial charge in [0.2, 0.25) is 5.91 Å². The zero-order valence-corrected chi connectivity index (χ0v) is 15.0. The summed E-state index contributed by atoms with van der Waals surface area (Å²) in [5.74, 6) is 0.0817. The third kappa shape index (κ3) is 4.31. The second-order valence-electron chi connectivity index (χ2n) is 7.06. The number of aryl methyl sites for hydroxylation is 1. The number of anilines is 2. The Labute approximate surface area is 148 Å². The first-order valence-corrected chi connectivity index (χ1v) is 9.15. The first kappa shape index (κ1) is 17.7. The number of carbonyl (C=O) groups is 2. The maximum absolute atomic E-state index is 12.5. The van der Waals surface area contributed by atoms with Crippen molar-refractivity contribution in [1.82, 2.24) is 5.32 Å². The van der Waals surface area contributed by atoms with E-state index in [-0.39, 0.29) is 24.0 Å². The fraction of sp³-hybridized carbons (Fsp3) is 0.579. The maximum atomic E-state index is 12.5. The Morgan fingerprint density at radius 3 is 2.88 bits per heavy atom. The van der Waals surface area contributed by atoms with Crippen LogP contribution in [0.3, 0.4) is 0 Å². The average molecular weight is 345 g/mol. The molecule has 3 amide bonds. The Kier molecular flexibility index (Phi) is 5.58. The van der Waals surface area contributed by atoms with Crippen LogP contribution in [0.15, 0.2) is 18.2 Å². The zero-order chi connectivity index (χ0) is 17.8. The van der Waals surface area contributed by atoms with Crippen molar-refractivity contribution in [2.24, 2.45) is 5.92 Å². The van der Waals surface area contributed by atoms with Crippen LogP contribution < -0.4 is 15.5 Å². The van der Waals surface area contributed by atoms with Gasteiger partial charge in [-0.25, -0.2) is 4.79 Å². The number of hydrogen-bond acceptors (Lipinski definition) is 3. The summed E-state index contributed by atoms with van der Waals surface area (Å²) >= 11 is 0. The summed E-state index contributed by atoms with van der Waals surface area (Å²) in [4.78, 5) is 26.4. The molecule has 6 heteroatoms. The van der Waals surface area contributed by atoms with Crippen LogP contribution in [-0.2, 0) is 16.0 Å². The van der Waals surface area contributed by atoms with Gasteiger partial charge in [-0.3, -0.25) is 4.79 Å². The molecule has 1 atom stereocenters. The number of nitrogens with one attached hydrogen (secondary N) is 2. The van der Waals surface area contributed by atoms with Gasteiger partial charge in [0.15, 0.2) is 0 Å². The van der Waals surface area contributed by atoms with Gasteiger partial charge in [-0.15, -0.1) is 0 Å². The van der Waals surface area contributed by atoms with Gasteiger partial charge in [0.25, 0.3) is 0 Å². The van der Waals surface area contributed by atoms with Crippen LogP contribution in [0.1, 0.15) is 38.7 Å². The van der Waals surface area contributed by atoms with E-state index in [2.05, 4.69) is 10.6 Å². The van der Waals surface area contributed by atoms with Crippen molar-refractivity contribution in [3.05, 3.63) is 23.8 Å². The van der Waals surface area contributed by atoms with Crippen LogP contribution in [0.25, 0.3) is 0 Å². The van der Waals surface area contributed by atoms with Crippen LogP contribution in [0.4, 0.5) is 16.2 Å². The van der Waals surface area contributed by atoms with Crippen molar-refractivity contribution in [2.75, 3.05) is 29.9 Å². The Hall–Kier alpha value is -2.08. The predicted octanol–water partition coefficient (Wildman–Crippen LogP) is 2.92. The van der Waals surface area contributed by atoms with E-state index >= 15 is 0 Å². The van der Waals surface area contributed by atoms with E-state index in [0.29, 0.717) is 12.2 Å². The number of ether oxygens (including phenoxy) is 1. The monoisotopic (exact) mass is 345 g/mol. The molecule has 1 unspecified atom stereocenters. The molecule has 0 aliphatic carbocycles. The molecule has 0 saturated carbocycles. The lowest BCUT2D eigenvalue weighted by atomic mass is 9.99. The minimum atomic E-state index is -0.243. The molecule has 6 nitrogen and oxygen atoms in total. The molecule has 0 spiro atoms. The number of carbonyl (C=O) groups excluding carboxylic acids is 2. The van der Waals surface area contributed by atoms with Gasteiger partial charge in [0.1, 0.15) is 0 Å². The lowest BCUT2D eigenvalue weighted by Gasteiger charge is -2.31. The number of rotatable bonds is 4. The molecule has 0 bridgehead atoms. The second kappa shape index (κ2) is 7.87. The first-order valence-electron chi connectivity index (χ1n) is 9.15. The van der Waals surface area contributed by atoms with Gasteiger partial charge in [0, 0.05) is 37.0 Å². The van der Waals surface area contributed by atoms with E-state index < -0.39 is 0 Å². The second-order valence-corrected chi connectivity index (χ2v) is 7.06.